The van der Waals surface area contributed by atoms with Crippen LogP contribution >= 0.6 is 0 Å². The fraction of sp³-hybridized carbons (Fsp3) is 0.278. The lowest BCUT2D eigenvalue weighted by Crippen LogP contribution is -2.39. The van der Waals surface area contributed by atoms with Gasteiger partial charge in [0.25, 0.3) is 0 Å². The maximum absolute atomic E-state index is 13.1. The number of pyridine rings is 1. The van der Waals surface area contributed by atoms with Crippen LogP contribution in [0.25, 0.3) is 0 Å². The van der Waals surface area contributed by atoms with E-state index < -0.39 is 0 Å². The van der Waals surface area contributed by atoms with Gasteiger partial charge >= 0.3 is 0 Å². The Morgan fingerprint density at radius 3 is 2.62 bits per heavy atom. The summed E-state index contributed by atoms with van der Waals surface area (Å²) >= 11 is 0. The minimum atomic E-state index is -0.382. The van der Waals surface area contributed by atoms with Crippen molar-refractivity contribution in [3.8, 4) is 0 Å². The zero-order valence-electron chi connectivity index (χ0n) is 13.5. The van der Waals surface area contributed by atoms with Gasteiger partial charge in [-0.1, -0.05) is 12.1 Å². The highest BCUT2D eigenvalue weighted by Gasteiger charge is 2.11. The van der Waals surface area contributed by atoms with Crippen molar-refractivity contribution in [1.82, 2.24) is 15.2 Å². The lowest BCUT2D eigenvalue weighted by molar-refractivity contribution is -0.131. The number of halogens is 1. The lowest BCUT2D eigenvalue weighted by atomic mass is 10.1. The zero-order chi connectivity index (χ0) is 17.4. The topological polar surface area (TPSA) is 62.3 Å². The number of benzene rings is 1. The molecule has 0 saturated carbocycles. The second-order valence-corrected chi connectivity index (χ2v) is 5.50. The van der Waals surface area contributed by atoms with Crippen LogP contribution in [0.2, 0.25) is 0 Å². The Morgan fingerprint density at radius 1 is 1.17 bits per heavy atom. The first kappa shape index (κ1) is 17.6. The first-order valence-electron chi connectivity index (χ1n) is 7.68. The van der Waals surface area contributed by atoms with Gasteiger partial charge in [-0.15, -0.1) is 0 Å². The molecule has 0 aliphatic heterocycles. The average Bonchev–Trinajstić information content (AvgIpc) is 2.58. The third kappa shape index (κ3) is 5.79. The normalized spacial score (nSPS) is 10.2. The summed E-state index contributed by atoms with van der Waals surface area (Å²) in [6.45, 7) is 0.490. The van der Waals surface area contributed by atoms with Crippen LogP contribution in [0.4, 0.5) is 4.39 Å². The molecule has 0 saturated heterocycles. The van der Waals surface area contributed by atoms with Crippen LogP contribution in [0, 0.1) is 5.82 Å². The van der Waals surface area contributed by atoms with Gasteiger partial charge in [0.15, 0.2) is 0 Å². The van der Waals surface area contributed by atoms with E-state index in [2.05, 4.69) is 10.3 Å². The number of carbonyl (C=O) groups is 2. The summed E-state index contributed by atoms with van der Waals surface area (Å²) in [5, 5.41) is 2.57. The summed E-state index contributed by atoms with van der Waals surface area (Å²) in [5.74, 6) is -0.861. The van der Waals surface area contributed by atoms with E-state index in [4.69, 9.17) is 0 Å². The Bertz CT molecular complexity index is 692. The highest BCUT2D eigenvalue weighted by Crippen LogP contribution is 2.04. The molecule has 0 fully saturated rings. The van der Waals surface area contributed by atoms with Gasteiger partial charge in [-0.05, 0) is 41.8 Å². The minimum absolute atomic E-state index is 0.0474. The maximum Gasteiger partial charge on any atom is 0.241 e. The Hall–Kier alpha value is -2.76. The molecule has 0 aliphatic carbocycles. The molecular formula is C18H20FN3O2. The van der Waals surface area contributed by atoms with Gasteiger partial charge in [0.2, 0.25) is 11.8 Å². The molecule has 2 rings (SSSR count). The number of carbonyl (C=O) groups excluding carboxylic acids is 2. The van der Waals surface area contributed by atoms with Crippen molar-refractivity contribution in [3.05, 3.63) is 65.7 Å². The highest BCUT2D eigenvalue weighted by atomic mass is 19.1. The number of nitrogens with zero attached hydrogens (tertiary/aromatic N) is 2. The molecule has 2 aromatic rings. The molecule has 0 atom stereocenters. The predicted molar refractivity (Wildman–Crippen MR) is 88.7 cm³/mol. The Balaban J connectivity index is 1.72. The molecule has 1 heterocycles. The number of rotatable bonds is 7. The van der Waals surface area contributed by atoms with Crippen LogP contribution in [0.15, 0.2) is 48.8 Å². The molecule has 126 valence electrons. The number of likely N-dealkylation sites (N-methyl/N-ethyl adjacent to an activating group) is 1. The first-order chi connectivity index (χ1) is 11.5. The molecule has 0 bridgehead atoms. The molecule has 6 heteroatoms. The van der Waals surface area contributed by atoms with Gasteiger partial charge in [0.1, 0.15) is 5.82 Å². The summed E-state index contributed by atoms with van der Waals surface area (Å²) in [4.78, 5) is 29.4. The highest BCUT2D eigenvalue weighted by molar-refractivity contribution is 5.85. The summed E-state index contributed by atoms with van der Waals surface area (Å²) in [6.07, 6.45) is 4.20. The van der Waals surface area contributed by atoms with E-state index >= 15 is 0 Å². The molecule has 0 aliphatic rings. The molecule has 0 spiro atoms. The Morgan fingerprint density at radius 2 is 1.92 bits per heavy atom. The van der Waals surface area contributed by atoms with Crippen LogP contribution in [-0.2, 0) is 22.4 Å². The molecule has 1 aromatic heterocycles. The van der Waals surface area contributed by atoms with E-state index in [1.807, 2.05) is 12.1 Å². The minimum Gasteiger partial charge on any atom is -0.347 e. The molecular weight excluding hydrogens is 309 g/mol. The summed E-state index contributed by atoms with van der Waals surface area (Å²) in [5.41, 5.74) is 1.67. The van der Waals surface area contributed by atoms with Crippen LogP contribution in [0.1, 0.15) is 11.1 Å². The Kier molecular flexibility index (Phi) is 6.42. The second-order valence-electron chi connectivity index (χ2n) is 5.50. The van der Waals surface area contributed by atoms with Gasteiger partial charge in [-0.2, -0.15) is 0 Å². The van der Waals surface area contributed by atoms with Gasteiger partial charge in [0, 0.05) is 26.0 Å². The second kappa shape index (κ2) is 8.76. The van der Waals surface area contributed by atoms with Crippen LogP contribution < -0.4 is 5.32 Å². The number of hydrogen-bond acceptors (Lipinski definition) is 3. The summed E-state index contributed by atoms with van der Waals surface area (Å²) in [7, 11) is 1.70. The van der Waals surface area contributed by atoms with E-state index in [9.17, 15) is 14.0 Å². The van der Waals surface area contributed by atoms with Gasteiger partial charge < -0.3 is 10.2 Å². The molecule has 24 heavy (non-hydrogen) atoms. The van der Waals surface area contributed by atoms with Crippen LogP contribution in [-0.4, -0.2) is 41.8 Å². The van der Waals surface area contributed by atoms with E-state index in [1.54, 1.807) is 36.5 Å². The third-order valence-electron chi connectivity index (χ3n) is 3.60. The molecule has 1 aromatic carbocycles. The number of amides is 2. The van der Waals surface area contributed by atoms with Crippen molar-refractivity contribution in [2.24, 2.45) is 0 Å². The zero-order valence-corrected chi connectivity index (χ0v) is 13.5. The largest absolute Gasteiger partial charge is 0.347 e. The van der Waals surface area contributed by atoms with Crippen molar-refractivity contribution in [2.45, 2.75) is 12.8 Å². The first-order valence-corrected chi connectivity index (χ1v) is 7.68. The van der Waals surface area contributed by atoms with Crippen LogP contribution in [0.3, 0.4) is 0 Å². The predicted octanol–water partition coefficient (Wildman–Crippen LogP) is 1.58. The van der Waals surface area contributed by atoms with Gasteiger partial charge in [0.05, 0.1) is 13.0 Å². The van der Waals surface area contributed by atoms with E-state index in [-0.39, 0.29) is 30.6 Å². The van der Waals surface area contributed by atoms with E-state index in [0.717, 1.165) is 12.0 Å². The van der Waals surface area contributed by atoms with Crippen molar-refractivity contribution in [2.75, 3.05) is 20.1 Å². The molecule has 5 nitrogen and oxygen atoms in total. The number of hydrogen-bond donors (Lipinski definition) is 1. The van der Waals surface area contributed by atoms with Gasteiger partial charge in [-0.3, -0.25) is 14.6 Å². The van der Waals surface area contributed by atoms with Gasteiger partial charge in [-0.25, -0.2) is 4.39 Å². The monoisotopic (exact) mass is 329 g/mol. The molecule has 1 N–H and O–H groups in total. The number of nitrogens with one attached hydrogen (secondary N) is 1. The molecule has 2 amide bonds. The molecule has 0 radical (unpaired) electrons. The van der Waals surface area contributed by atoms with E-state index in [0.29, 0.717) is 12.1 Å². The quantitative estimate of drug-likeness (QED) is 0.839. The van der Waals surface area contributed by atoms with Crippen molar-refractivity contribution < 1.29 is 14.0 Å². The van der Waals surface area contributed by atoms with Crippen molar-refractivity contribution >= 4 is 11.8 Å². The fourth-order valence-corrected chi connectivity index (χ4v) is 2.17. The average molecular weight is 329 g/mol. The lowest BCUT2D eigenvalue weighted by Gasteiger charge is -2.17. The molecule has 0 unspecified atom stereocenters. The van der Waals surface area contributed by atoms with Crippen molar-refractivity contribution in [3.63, 3.8) is 0 Å². The fourth-order valence-electron chi connectivity index (χ4n) is 2.17. The maximum atomic E-state index is 13.1. The SMILES string of the molecule is CN(CCc1ccncc1)C(=O)CNC(=O)Cc1cccc(F)c1. The summed E-state index contributed by atoms with van der Waals surface area (Å²) in [6, 6.07) is 9.66. The third-order valence-corrected chi connectivity index (χ3v) is 3.60. The Labute approximate surface area is 140 Å². The number of aromatic nitrogens is 1. The smallest absolute Gasteiger partial charge is 0.241 e. The van der Waals surface area contributed by atoms with Crippen molar-refractivity contribution in [1.29, 1.82) is 0 Å². The van der Waals surface area contributed by atoms with Crippen LogP contribution in [0.5, 0.6) is 0 Å². The van der Waals surface area contributed by atoms with E-state index in [1.165, 1.54) is 12.1 Å². The summed E-state index contributed by atoms with van der Waals surface area (Å²) < 4.78 is 13.1. The standard InChI is InChI=1S/C18H20FN3O2/c1-22(10-7-14-5-8-20-9-6-14)18(24)13-21-17(23)12-15-3-2-4-16(19)11-15/h2-6,8-9,11H,7,10,12-13H2,1H3,(H,21,23).